The van der Waals surface area contributed by atoms with Gasteiger partial charge in [-0.25, -0.2) is 14.3 Å². The van der Waals surface area contributed by atoms with E-state index in [2.05, 4.69) is 5.32 Å². The summed E-state index contributed by atoms with van der Waals surface area (Å²) in [5, 5.41) is 13.1. The van der Waals surface area contributed by atoms with Gasteiger partial charge in [0.25, 0.3) is 5.91 Å². The van der Waals surface area contributed by atoms with Gasteiger partial charge in [0.15, 0.2) is 5.79 Å². The van der Waals surface area contributed by atoms with E-state index >= 15 is 0 Å². The van der Waals surface area contributed by atoms with Crippen LogP contribution >= 0.6 is 0 Å². The predicted molar refractivity (Wildman–Crippen MR) is 158 cm³/mol. The number of ether oxygens (including phenoxy) is 5. The summed E-state index contributed by atoms with van der Waals surface area (Å²) < 4.78 is 65.4. The molecule has 2 amide bonds. The molecule has 0 saturated carbocycles. The smallest absolute Gasteiger partial charge is 0.433 e. The molecule has 0 spiro atoms. The van der Waals surface area contributed by atoms with Gasteiger partial charge in [0, 0.05) is 12.5 Å². The van der Waals surface area contributed by atoms with Gasteiger partial charge in [0.2, 0.25) is 0 Å². The van der Waals surface area contributed by atoms with Crippen molar-refractivity contribution in [3.8, 4) is 0 Å². The summed E-state index contributed by atoms with van der Waals surface area (Å²) in [6, 6.07) is 1.26. The molecular formula is C28H41N3O14S. The Morgan fingerprint density at radius 1 is 1.13 bits per heavy atom. The minimum absolute atomic E-state index is 0.0757. The van der Waals surface area contributed by atoms with Crippen molar-refractivity contribution in [3.63, 3.8) is 0 Å². The second-order valence-electron chi connectivity index (χ2n) is 12.5. The molecule has 258 valence electrons. The summed E-state index contributed by atoms with van der Waals surface area (Å²) in [4.78, 5) is 47.2. The Morgan fingerprint density at radius 2 is 1.78 bits per heavy atom. The summed E-state index contributed by atoms with van der Waals surface area (Å²) in [5.41, 5.74) is -0.831. The molecule has 2 saturated heterocycles. The van der Waals surface area contributed by atoms with Crippen LogP contribution < -0.4 is 10.0 Å². The lowest BCUT2D eigenvalue weighted by atomic mass is 10.0. The Hall–Kier alpha value is -3.58. The fourth-order valence-electron chi connectivity index (χ4n) is 4.68. The average Bonchev–Trinajstić information content (AvgIpc) is 3.58. The summed E-state index contributed by atoms with van der Waals surface area (Å²) in [6.07, 6.45) is -1.32. The molecule has 1 aromatic rings. The van der Waals surface area contributed by atoms with Crippen molar-refractivity contribution >= 4 is 40.2 Å². The van der Waals surface area contributed by atoms with Crippen LogP contribution in [0.3, 0.4) is 0 Å². The van der Waals surface area contributed by atoms with Crippen LogP contribution in [-0.4, -0.2) is 86.4 Å². The first-order chi connectivity index (χ1) is 21.2. The number of alkyl carbamates (subject to hydrolysis) is 1. The molecule has 2 N–H and O–H groups in total. The van der Waals surface area contributed by atoms with Crippen LogP contribution in [0.2, 0.25) is 0 Å². The van der Waals surface area contributed by atoms with E-state index in [4.69, 9.17) is 32.3 Å². The first kappa shape index (κ1) is 36.9. The Bertz CT molecular complexity index is 1400. The maximum atomic E-state index is 12.8. The number of amides is 2. The van der Waals surface area contributed by atoms with E-state index in [0.29, 0.717) is 0 Å². The van der Waals surface area contributed by atoms with Gasteiger partial charge in [-0.2, -0.15) is 8.42 Å². The highest BCUT2D eigenvalue weighted by Crippen LogP contribution is 2.40. The number of hydrogen-bond acceptors (Lipinski definition) is 14. The van der Waals surface area contributed by atoms with Crippen molar-refractivity contribution in [2.24, 2.45) is 5.92 Å². The van der Waals surface area contributed by atoms with Crippen molar-refractivity contribution in [3.05, 3.63) is 34.1 Å². The first-order valence-electron chi connectivity index (χ1n) is 14.5. The van der Waals surface area contributed by atoms with E-state index in [1.54, 1.807) is 48.5 Å². The number of rotatable bonds is 14. The van der Waals surface area contributed by atoms with E-state index < -0.39 is 87.5 Å². The summed E-state index contributed by atoms with van der Waals surface area (Å²) in [7, 11) is -4.65. The van der Waals surface area contributed by atoms with Crippen LogP contribution in [0.15, 0.2) is 22.6 Å². The number of hydrogen-bond donors (Lipinski definition) is 2. The highest BCUT2D eigenvalue weighted by molar-refractivity contribution is 7.85. The fourth-order valence-corrected chi connectivity index (χ4v) is 5.44. The molecule has 0 radical (unpaired) electrons. The van der Waals surface area contributed by atoms with Gasteiger partial charge in [0.1, 0.15) is 40.6 Å². The van der Waals surface area contributed by atoms with Gasteiger partial charge in [-0.15, -0.1) is 0 Å². The molecule has 1 aromatic heterocycles. The van der Waals surface area contributed by atoms with Gasteiger partial charge in [-0.1, -0.05) is 13.8 Å². The number of fused-ring (bicyclic) bond motifs is 1. The largest absolute Gasteiger partial charge is 0.462 e. The molecule has 2 aliphatic heterocycles. The molecule has 0 aliphatic carbocycles. The van der Waals surface area contributed by atoms with Crippen LogP contribution in [0.1, 0.15) is 67.1 Å². The first-order valence-corrected chi connectivity index (χ1v) is 15.9. The minimum atomic E-state index is -4.65. The van der Waals surface area contributed by atoms with Gasteiger partial charge >= 0.3 is 28.3 Å². The molecule has 0 aromatic carbocycles. The lowest BCUT2D eigenvalue weighted by molar-refractivity contribution is -0.402. The van der Waals surface area contributed by atoms with Gasteiger partial charge in [-0.3, -0.25) is 19.1 Å². The molecule has 2 fully saturated rings. The highest BCUT2D eigenvalue weighted by Gasteiger charge is 2.55. The lowest BCUT2D eigenvalue weighted by Crippen LogP contribution is -2.50. The van der Waals surface area contributed by atoms with Crippen LogP contribution in [0.25, 0.3) is 6.08 Å². The molecule has 17 nitrogen and oxygen atoms in total. The van der Waals surface area contributed by atoms with E-state index in [1.165, 1.54) is 12.1 Å². The number of carbonyl (C=O) groups is 3. The van der Waals surface area contributed by atoms with Crippen molar-refractivity contribution < 1.29 is 60.0 Å². The zero-order valence-corrected chi connectivity index (χ0v) is 27.5. The van der Waals surface area contributed by atoms with Crippen molar-refractivity contribution in [2.75, 3.05) is 13.2 Å². The number of nitrogens with one attached hydrogen (secondary N) is 2. The van der Waals surface area contributed by atoms with E-state index in [9.17, 15) is 32.9 Å². The molecule has 2 aliphatic rings. The van der Waals surface area contributed by atoms with E-state index in [1.807, 2.05) is 4.72 Å². The number of nitro groups is 1. The van der Waals surface area contributed by atoms with Crippen molar-refractivity contribution in [1.82, 2.24) is 10.0 Å². The zero-order valence-electron chi connectivity index (χ0n) is 26.7. The second kappa shape index (κ2) is 14.9. The maximum Gasteiger partial charge on any atom is 0.433 e. The Kier molecular flexibility index (Phi) is 11.9. The second-order valence-corrected chi connectivity index (χ2v) is 13.9. The molecule has 5 unspecified atom stereocenters. The highest BCUT2D eigenvalue weighted by atomic mass is 32.2. The van der Waals surface area contributed by atoms with Crippen LogP contribution in [0.5, 0.6) is 0 Å². The monoisotopic (exact) mass is 675 g/mol. The molecular weight excluding hydrogens is 634 g/mol. The van der Waals surface area contributed by atoms with Crippen LogP contribution in [-0.2, 0) is 47.8 Å². The Labute approximate surface area is 266 Å². The number of furan rings is 1. The summed E-state index contributed by atoms with van der Waals surface area (Å²) in [6.45, 7) is 11.2. The third kappa shape index (κ3) is 11.3. The van der Waals surface area contributed by atoms with Crippen molar-refractivity contribution in [1.29, 1.82) is 0 Å². The van der Waals surface area contributed by atoms with Gasteiger partial charge in [0.05, 0.1) is 25.4 Å². The zero-order chi connectivity index (χ0) is 34.4. The topological polar surface area (TPSA) is 221 Å². The molecule has 0 bridgehead atoms. The SMILES string of the molecule is CC(C)CC(NC(=O)OC(C)(C)C)C(=O)NS(=O)(=O)OCC1OC(CCOC(=O)C=Cc2ccc([N+](=O)[O-])o2)C2OC(C)(C)OC12. The predicted octanol–water partition coefficient (Wildman–Crippen LogP) is 2.74. The normalized spacial score (nSPS) is 23.2. The number of esters is 1. The van der Waals surface area contributed by atoms with Gasteiger partial charge < -0.3 is 33.4 Å². The fraction of sp³-hybridized carbons (Fsp3) is 0.679. The van der Waals surface area contributed by atoms with Crippen LogP contribution in [0.4, 0.5) is 10.7 Å². The van der Waals surface area contributed by atoms with Gasteiger partial charge in [-0.05, 0) is 59.1 Å². The number of nitrogens with zero attached hydrogens (tertiary/aromatic N) is 1. The number of carbonyl (C=O) groups excluding carboxylic acids is 3. The third-order valence-electron chi connectivity index (χ3n) is 6.40. The minimum Gasteiger partial charge on any atom is -0.462 e. The van der Waals surface area contributed by atoms with Crippen molar-refractivity contribution in [2.45, 2.75) is 103 Å². The average molecular weight is 676 g/mol. The molecule has 5 atom stereocenters. The summed E-state index contributed by atoms with van der Waals surface area (Å²) >= 11 is 0. The standard InChI is InChI=1S/C28H41N3O14S/c1-16(2)14-18(29-26(34)45-27(3,4)5)25(33)30-46(37,38)40-15-20-24-23(43-28(6,7)44-24)19(42-20)12-13-39-22(32)11-9-17-8-10-21(41-17)31(35)36/h8-11,16,18-20,23-24H,12-15H2,1-7H3,(H,29,34)(H,30,33). The van der Waals surface area contributed by atoms with Crippen LogP contribution in [0, 0.1) is 16.0 Å². The third-order valence-corrected chi connectivity index (χ3v) is 7.29. The summed E-state index contributed by atoms with van der Waals surface area (Å²) in [5.74, 6) is -3.23. The molecule has 18 heteroatoms. The van der Waals surface area contributed by atoms with E-state index in [0.717, 1.165) is 12.1 Å². The lowest BCUT2D eigenvalue weighted by Gasteiger charge is -2.25. The molecule has 3 heterocycles. The Morgan fingerprint density at radius 3 is 2.37 bits per heavy atom. The quantitative estimate of drug-likeness (QED) is 0.125. The molecule has 3 rings (SSSR count). The maximum absolute atomic E-state index is 12.8. The van der Waals surface area contributed by atoms with E-state index in [-0.39, 0.29) is 31.1 Å². The Balaban J connectivity index is 1.55. The molecule has 46 heavy (non-hydrogen) atoms.